The van der Waals surface area contributed by atoms with Gasteiger partial charge in [-0.3, -0.25) is 19.7 Å². The van der Waals surface area contributed by atoms with Gasteiger partial charge in [0.2, 0.25) is 0 Å². The summed E-state index contributed by atoms with van der Waals surface area (Å²) in [5.41, 5.74) is 45.9. The van der Waals surface area contributed by atoms with E-state index < -0.39 is 24.4 Å². The molecule has 0 saturated carbocycles. The second-order valence-corrected chi connectivity index (χ2v) is 34.1. The van der Waals surface area contributed by atoms with E-state index in [1.165, 1.54) is 122 Å². The first-order valence-corrected chi connectivity index (χ1v) is 52.2. The van der Waals surface area contributed by atoms with Gasteiger partial charge in [-0.2, -0.15) is 0 Å². The Morgan fingerprint density at radius 3 is 0.623 bits per heavy atom. The van der Waals surface area contributed by atoms with Crippen molar-refractivity contribution in [3.05, 3.63) is 302 Å². The first-order valence-electron chi connectivity index (χ1n) is 52.2. The van der Waals surface area contributed by atoms with Crippen LogP contribution in [0.1, 0.15) is 255 Å². The lowest BCUT2D eigenvalue weighted by Crippen LogP contribution is -2.27. The van der Waals surface area contributed by atoms with Gasteiger partial charge in [-0.15, -0.1) is 0 Å². The van der Waals surface area contributed by atoms with Crippen LogP contribution in [0, 0.1) is 0 Å². The molecule has 0 aliphatic carbocycles. The van der Waals surface area contributed by atoms with Crippen LogP contribution in [0.4, 0.5) is 35.3 Å². The topological polar surface area (TPSA) is 479 Å². The van der Waals surface area contributed by atoms with Crippen LogP contribution < -0.4 is 110 Å². The zero-order valence-corrected chi connectivity index (χ0v) is 86.0. The molecule has 29 nitrogen and oxygen atoms in total. The fraction of sp³-hybridized carbons (Fsp3) is 0.419. The Balaban J connectivity index is 0.000000449. The van der Waals surface area contributed by atoms with E-state index in [0.717, 1.165) is 159 Å². The van der Waals surface area contributed by atoms with Gasteiger partial charge in [0, 0.05) is 63.4 Å². The highest BCUT2D eigenvalue weighted by Crippen LogP contribution is 2.21. The van der Waals surface area contributed by atoms with Crippen LogP contribution in [0.25, 0.3) is 0 Å². The van der Waals surface area contributed by atoms with Crippen LogP contribution in [0.5, 0.6) is 46.0 Å². The van der Waals surface area contributed by atoms with E-state index in [2.05, 4.69) is 26.6 Å². The summed E-state index contributed by atoms with van der Waals surface area (Å²) in [5.74, 6) is 3.76. The highest BCUT2D eigenvalue weighted by molar-refractivity contribution is 5.86. The lowest BCUT2D eigenvalue weighted by atomic mass is 10.1. The van der Waals surface area contributed by atoms with Gasteiger partial charge in [-0.25, -0.2) is 24.0 Å². The minimum Gasteiger partial charge on any atom is -0.427 e. The number of amides is 5. The standard InChI is InChI=1S/C27H37NO4.C21H18N2O4.C21H25NO4.C19H21NO4.C12H28N2.C7H10N2.C6H16N2.C4H12N2/c29-26(31-24-18-12-10-13-19-24)22-16-8-6-4-2-1-3-5-7-9-17-23-28-27(30)32-25-20-14-11-15-21-25;24-20(26-18-7-3-1-4-8-18)22-15-16-11-13-17(14-12-16)23-21(25)27-19-9-5-2-6-10-19;23-20(25-18-12-6-4-7-13-18)16-10-2-1-3-11-17-22-21(24)26-19-14-8-5-9-15-19;21-18(23-16-10-4-1-5-11-16)14-8-3-9-15-20-19(22)24-17-12-6-2-7-13-17;13-11-9-7-5-3-1-2-4-6-8-10-12-14;8-5-6-1-3-7(9)4-2-6;7-5-3-1-2-4-6-8;5-3-1-2-4-6/h10-15,18-21H,1-9,16-17,22-23H2,(H,28,30);1-14H,15H2,(H,22,24)(H,23,25);4-9,12-15H,1-3,10-11,16-17H2,(H,22,24);1-2,4-7,10-13H,3,8-9,14-15H2,(H,20,22);1-14H2;1-4H,5,8-9H2;1-8H2;1-6H2. The van der Waals surface area contributed by atoms with Gasteiger partial charge in [0.1, 0.15) is 46.0 Å². The molecule has 10 rings (SSSR count). The molecule has 0 heterocycles. The molecule has 0 aromatic heterocycles. The van der Waals surface area contributed by atoms with E-state index in [1.54, 1.807) is 158 Å². The second-order valence-electron chi connectivity index (χ2n) is 34.1. The van der Waals surface area contributed by atoms with E-state index in [0.29, 0.717) is 104 Å². The van der Waals surface area contributed by atoms with Gasteiger partial charge < -0.3 is 105 Å². The van der Waals surface area contributed by atoms with Crippen molar-refractivity contribution in [2.75, 3.05) is 70.0 Å². The number of hydrogen-bond acceptors (Lipinski definition) is 24. The Morgan fingerprint density at radius 1 is 0.192 bits per heavy atom. The number of para-hydroxylation sites is 8. The average molecular weight is 2010 g/mol. The molecule has 5 amide bonds. The number of rotatable bonds is 59. The van der Waals surface area contributed by atoms with Crippen molar-refractivity contribution in [3.8, 4) is 46.0 Å². The van der Waals surface area contributed by atoms with E-state index in [1.807, 2.05) is 133 Å². The third-order valence-electron chi connectivity index (χ3n) is 21.5. The second kappa shape index (κ2) is 91.4. The van der Waals surface area contributed by atoms with Gasteiger partial charge in [0.05, 0.1) is 0 Å². The van der Waals surface area contributed by atoms with Gasteiger partial charge in [-0.05, 0) is 249 Å². The molecule has 0 spiro atoms. The zero-order valence-electron chi connectivity index (χ0n) is 86.0. The number of nitrogens with one attached hydrogen (secondary N) is 5. The molecule has 796 valence electrons. The molecule has 0 bridgehead atoms. The molecule has 29 heteroatoms. The third-order valence-corrected chi connectivity index (χ3v) is 21.5. The monoisotopic (exact) mass is 2010 g/mol. The molecule has 0 aliphatic heterocycles. The lowest BCUT2D eigenvalue weighted by Gasteiger charge is -2.09. The molecule has 146 heavy (non-hydrogen) atoms. The molecule has 0 radical (unpaired) electrons. The van der Waals surface area contributed by atoms with Crippen molar-refractivity contribution in [3.63, 3.8) is 0 Å². The van der Waals surface area contributed by atoms with Crippen LogP contribution in [-0.4, -0.2) is 107 Å². The van der Waals surface area contributed by atoms with Crippen LogP contribution in [-0.2, 0) is 27.5 Å². The van der Waals surface area contributed by atoms with Crippen LogP contribution in [0.3, 0.4) is 0 Å². The molecule has 0 aliphatic rings. The maximum absolute atomic E-state index is 11.8. The lowest BCUT2D eigenvalue weighted by molar-refractivity contribution is -0.135. The smallest absolute Gasteiger partial charge is 0.417 e. The summed E-state index contributed by atoms with van der Waals surface area (Å²) in [6, 6.07) is 86.6. The van der Waals surface area contributed by atoms with Crippen molar-refractivity contribution >= 4 is 59.7 Å². The van der Waals surface area contributed by atoms with Crippen molar-refractivity contribution in [1.82, 2.24) is 21.3 Å². The number of carbonyl (C=O) groups excluding carboxylic acids is 8. The zero-order chi connectivity index (χ0) is 105. The Bertz CT molecular complexity index is 4610. The number of nitrogen functional groups attached to an aromatic ring is 1. The summed E-state index contributed by atoms with van der Waals surface area (Å²) in [6.45, 7) is 7.56. The minimum absolute atomic E-state index is 0.139. The number of ether oxygens (including phenoxy) is 8. The minimum atomic E-state index is -0.571. The first kappa shape index (κ1) is 127. The predicted octanol–water partition coefficient (Wildman–Crippen LogP) is 24.0. The van der Waals surface area contributed by atoms with Crippen LogP contribution in [0.15, 0.2) is 291 Å². The number of nitrogens with two attached hydrogens (primary N) is 8. The summed E-state index contributed by atoms with van der Waals surface area (Å²) in [4.78, 5) is 93.5. The molecule has 21 N–H and O–H groups in total. The summed E-state index contributed by atoms with van der Waals surface area (Å²) in [5, 5.41) is 13.5. The average Bonchev–Trinajstić information content (AvgIpc) is 0.883. The van der Waals surface area contributed by atoms with Crippen molar-refractivity contribution in [2.45, 2.75) is 257 Å². The third kappa shape index (κ3) is 76.2. The van der Waals surface area contributed by atoms with Gasteiger partial charge in [-0.1, -0.05) is 318 Å². The SMILES string of the molecule is NCCCCCCCCCCCCN.NCCCCCCN.NCCCCN.NCc1ccc(N)cc1.O=C(CCCCCCCCCCCCCNC(=O)Oc1ccccc1)Oc1ccccc1.O=C(CCCCCCCNC(=O)Oc1ccccc1)Oc1ccccc1.O=C(CCCCCNC(=O)Oc1ccccc1)Oc1ccccc1.O=C(NCc1ccc(NC(=O)Oc2ccccc2)cc1)Oc1ccccc1. The van der Waals surface area contributed by atoms with E-state index in [-0.39, 0.29) is 24.0 Å². The number of carbonyl (C=O) groups is 8. The first-order chi connectivity index (χ1) is 71.5. The fourth-order valence-corrected chi connectivity index (χ4v) is 13.5. The van der Waals surface area contributed by atoms with Crippen molar-refractivity contribution < 1.29 is 76.3 Å². The van der Waals surface area contributed by atoms with Gasteiger partial charge >= 0.3 is 48.4 Å². The molecule has 0 fully saturated rings. The van der Waals surface area contributed by atoms with Crippen molar-refractivity contribution in [2.24, 2.45) is 40.1 Å². The van der Waals surface area contributed by atoms with Crippen LogP contribution >= 0.6 is 0 Å². The normalized spacial score (nSPS) is 10.1. The van der Waals surface area contributed by atoms with E-state index in [9.17, 15) is 38.4 Å². The Labute approximate surface area is 867 Å². The summed E-state index contributed by atoms with van der Waals surface area (Å²) in [6.07, 6.45) is 39.1. The summed E-state index contributed by atoms with van der Waals surface area (Å²) < 4.78 is 41.4. The molecular formula is C117H167N13O16. The number of unbranched alkanes of at least 4 members (excludes halogenated alkanes) is 29. The molecule has 10 aromatic carbocycles. The number of hydrogen-bond donors (Lipinski definition) is 13. The Morgan fingerprint density at radius 2 is 0.384 bits per heavy atom. The highest BCUT2D eigenvalue weighted by atomic mass is 16.6. The molecule has 10 aromatic rings. The molecule has 0 unspecified atom stereocenters. The largest absolute Gasteiger partial charge is 0.427 e. The van der Waals surface area contributed by atoms with E-state index >= 15 is 0 Å². The predicted molar refractivity (Wildman–Crippen MR) is 588 cm³/mol. The summed E-state index contributed by atoms with van der Waals surface area (Å²) >= 11 is 0. The maximum Gasteiger partial charge on any atom is 0.417 e. The van der Waals surface area contributed by atoms with Gasteiger partial charge in [0.15, 0.2) is 0 Å². The number of anilines is 2. The highest BCUT2D eigenvalue weighted by Gasteiger charge is 2.13. The maximum atomic E-state index is 11.8. The summed E-state index contributed by atoms with van der Waals surface area (Å²) in [7, 11) is 0. The Hall–Kier alpha value is -13.5. The van der Waals surface area contributed by atoms with Gasteiger partial charge in [0.25, 0.3) is 0 Å². The number of benzene rings is 10. The van der Waals surface area contributed by atoms with Crippen LogP contribution in [0.2, 0.25) is 0 Å². The van der Waals surface area contributed by atoms with E-state index in [4.69, 9.17) is 83.8 Å². The fourth-order valence-electron chi connectivity index (χ4n) is 13.5. The van der Waals surface area contributed by atoms with Crippen molar-refractivity contribution in [1.29, 1.82) is 0 Å². The molecule has 0 saturated heterocycles. The molecular weight excluding hydrogens is 1840 g/mol. The quantitative estimate of drug-likeness (QED) is 0.00728. The molecule has 0 atom stereocenters. The number of esters is 3. The Kier molecular flexibility index (Phi) is 79.3.